The second-order valence-corrected chi connectivity index (χ2v) is 9.92. The van der Waals surface area contributed by atoms with Crippen molar-refractivity contribution in [2.45, 2.75) is 26.9 Å². The maximum atomic E-state index is 13.6. The fourth-order valence-corrected chi connectivity index (χ4v) is 5.02. The molecule has 0 fully saturated rings. The highest BCUT2D eigenvalue weighted by Gasteiger charge is 2.24. The summed E-state index contributed by atoms with van der Waals surface area (Å²) in [6.07, 6.45) is 0. The van der Waals surface area contributed by atoms with Crippen LogP contribution in [0.25, 0.3) is 33.1 Å². The molecule has 202 valence electrons. The number of nitrogens with zero attached hydrogens (tertiary/aromatic N) is 4. The van der Waals surface area contributed by atoms with Crippen molar-refractivity contribution in [2.24, 2.45) is 13.0 Å². The van der Waals surface area contributed by atoms with Gasteiger partial charge in [0.15, 0.2) is 5.65 Å². The van der Waals surface area contributed by atoms with Crippen LogP contribution in [0.5, 0.6) is 11.5 Å². The summed E-state index contributed by atoms with van der Waals surface area (Å²) in [7, 11) is 3.13. The van der Waals surface area contributed by atoms with Crippen LogP contribution < -0.4 is 20.7 Å². The van der Waals surface area contributed by atoms with Gasteiger partial charge in [0, 0.05) is 24.7 Å². The Morgan fingerprint density at radius 2 is 1.82 bits per heavy atom. The minimum atomic E-state index is -0.414. The third-order valence-electron chi connectivity index (χ3n) is 6.77. The average Bonchev–Trinajstić information content (AvgIpc) is 3.32. The molecule has 5 rings (SSSR count). The van der Waals surface area contributed by atoms with Crippen LogP contribution in [0.1, 0.15) is 19.4 Å². The molecule has 0 aliphatic heterocycles. The summed E-state index contributed by atoms with van der Waals surface area (Å²) in [6.45, 7) is 4.78. The van der Waals surface area contributed by atoms with Gasteiger partial charge in [0.1, 0.15) is 23.5 Å². The molecule has 0 radical (unpaired) electrons. The van der Waals surface area contributed by atoms with Gasteiger partial charge < -0.3 is 14.6 Å². The molecule has 0 aliphatic carbocycles. The molecule has 9 heteroatoms. The van der Waals surface area contributed by atoms with Crippen LogP contribution in [-0.4, -0.2) is 44.3 Å². The number of hydrogen-bond donors (Lipinski definition) is 1. The SMILES string of the molecule is COc1ccc2ccccc2c1Cn1nc2c(c1-c1cccc(OCCO)c1)c(=O)n(C)c(=O)n2CC(C)C. The van der Waals surface area contributed by atoms with E-state index in [1.165, 1.54) is 7.05 Å². The Labute approximate surface area is 225 Å². The number of rotatable bonds is 9. The van der Waals surface area contributed by atoms with E-state index in [1.54, 1.807) is 22.4 Å². The Bertz CT molecular complexity index is 1780. The molecule has 0 saturated heterocycles. The number of methoxy groups -OCH3 is 1. The van der Waals surface area contributed by atoms with Crippen molar-refractivity contribution >= 4 is 21.8 Å². The van der Waals surface area contributed by atoms with Gasteiger partial charge in [-0.3, -0.25) is 18.6 Å². The monoisotopic (exact) mass is 528 g/mol. The topological polar surface area (TPSA) is 101 Å². The zero-order valence-electron chi connectivity index (χ0n) is 22.5. The number of benzene rings is 3. The molecule has 2 aromatic heterocycles. The van der Waals surface area contributed by atoms with Gasteiger partial charge in [0.2, 0.25) is 0 Å². The molecule has 0 amide bonds. The first-order chi connectivity index (χ1) is 18.8. The van der Waals surface area contributed by atoms with Crippen molar-refractivity contribution in [1.29, 1.82) is 0 Å². The number of ether oxygens (including phenoxy) is 2. The normalized spacial score (nSPS) is 11.5. The van der Waals surface area contributed by atoms with Crippen LogP contribution in [-0.2, 0) is 20.1 Å². The molecule has 0 saturated carbocycles. The molecule has 0 aliphatic rings. The van der Waals surface area contributed by atoms with Crippen molar-refractivity contribution < 1.29 is 14.6 Å². The first kappa shape index (κ1) is 26.2. The van der Waals surface area contributed by atoms with E-state index < -0.39 is 11.2 Å². The summed E-state index contributed by atoms with van der Waals surface area (Å²) in [6, 6.07) is 19.3. The highest BCUT2D eigenvalue weighted by atomic mass is 16.5. The zero-order valence-corrected chi connectivity index (χ0v) is 22.5. The van der Waals surface area contributed by atoms with Gasteiger partial charge in [0.05, 0.1) is 26.0 Å². The lowest BCUT2D eigenvalue weighted by molar-refractivity contribution is 0.201. The molecule has 9 nitrogen and oxygen atoms in total. The van der Waals surface area contributed by atoms with E-state index >= 15 is 0 Å². The van der Waals surface area contributed by atoms with E-state index in [1.807, 2.05) is 68.4 Å². The number of aliphatic hydroxyl groups excluding tert-OH is 1. The van der Waals surface area contributed by atoms with Crippen LogP contribution in [0, 0.1) is 5.92 Å². The van der Waals surface area contributed by atoms with E-state index in [0.29, 0.717) is 46.9 Å². The number of aliphatic hydroxyl groups is 1. The van der Waals surface area contributed by atoms with Crippen molar-refractivity contribution in [1.82, 2.24) is 18.9 Å². The van der Waals surface area contributed by atoms with Gasteiger partial charge in [-0.05, 0) is 34.9 Å². The van der Waals surface area contributed by atoms with Crippen LogP contribution in [0.15, 0.2) is 70.3 Å². The molecule has 39 heavy (non-hydrogen) atoms. The highest BCUT2D eigenvalue weighted by Crippen LogP contribution is 2.33. The molecule has 0 atom stereocenters. The Morgan fingerprint density at radius 3 is 2.56 bits per heavy atom. The van der Waals surface area contributed by atoms with E-state index in [-0.39, 0.29) is 19.1 Å². The van der Waals surface area contributed by atoms with Crippen LogP contribution in [0.3, 0.4) is 0 Å². The fourth-order valence-electron chi connectivity index (χ4n) is 5.02. The lowest BCUT2D eigenvalue weighted by atomic mass is 10.0. The van der Waals surface area contributed by atoms with Crippen molar-refractivity contribution in [3.8, 4) is 22.8 Å². The van der Waals surface area contributed by atoms with Crippen LogP contribution in [0.2, 0.25) is 0 Å². The summed E-state index contributed by atoms with van der Waals surface area (Å²) in [5.74, 6) is 1.41. The standard InChI is InChI=1S/C30H32N4O5/c1-19(2)17-33-28-26(29(36)32(3)30(33)37)27(21-9-7-10-22(16-21)39-15-14-35)34(31-28)18-24-23-11-6-5-8-20(23)12-13-25(24)38-4/h5-13,16,19,35H,14-15,17-18H2,1-4H3. The van der Waals surface area contributed by atoms with Gasteiger partial charge in [-0.15, -0.1) is 0 Å². The molecule has 0 bridgehead atoms. The summed E-state index contributed by atoms with van der Waals surface area (Å²) in [5.41, 5.74) is 1.72. The van der Waals surface area contributed by atoms with E-state index in [0.717, 1.165) is 20.9 Å². The Balaban J connectivity index is 1.84. The molecule has 3 aromatic carbocycles. The highest BCUT2D eigenvalue weighted by molar-refractivity contribution is 5.92. The average molecular weight is 529 g/mol. The minimum absolute atomic E-state index is 0.117. The first-order valence-corrected chi connectivity index (χ1v) is 12.9. The van der Waals surface area contributed by atoms with Crippen molar-refractivity contribution in [3.05, 3.63) is 87.1 Å². The molecule has 0 spiro atoms. The van der Waals surface area contributed by atoms with Gasteiger partial charge in [-0.1, -0.05) is 56.3 Å². The van der Waals surface area contributed by atoms with Crippen LogP contribution in [0.4, 0.5) is 0 Å². The van der Waals surface area contributed by atoms with Crippen molar-refractivity contribution in [2.75, 3.05) is 20.3 Å². The summed E-state index contributed by atoms with van der Waals surface area (Å²) in [4.78, 5) is 26.9. The van der Waals surface area contributed by atoms with E-state index in [4.69, 9.17) is 14.6 Å². The number of fused-ring (bicyclic) bond motifs is 2. The smallest absolute Gasteiger partial charge is 0.332 e. The van der Waals surface area contributed by atoms with Gasteiger partial charge in [-0.25, -0.2) is 4.79 Å². The molecule has 2 heterocycles. The molecule has 0 unspecified atom stereocenters. The number of hydrogen-bond acceptors (Lipinski definition) is 6. The van der Waals surface area contributed by atoms with E-state index in [9.17, 15) is 14.7 Å². The maximum Gasteiger partial charge on any atom is 0.332 e. The Kier molecular flexibility index (Phi) is 7.26. The minimum Gasteiger partial charge on any atom is -0.496 e. The largest absolute Gasteiger partial charge is 0.496 e. The molecule has 1 N–H and O–H groups in total. The molecule has 5 aromatic rings. The zero-order chi connectivity index (χ0) is 27.7. The summed E-state index contributed by atoms with van der Waals surface area (Å²) < 4.78 is 15.9. The second-order valence-electron chi connectivity index (χ2n) is 9.92. The summed E-state index contributed by atoms with van der Waals surface area (Å²) in [5, 5.41) is 16.6. The maximum absolute atomic E-state index is 13.6. The third-order valence-corrected chi connectivity index (χ3v) is 6.77. The second kappa shape index (κ2) is 10.8. The lowest BCUT2D eigenvalue weighted by Crippen LogP contribution is -2.38. The van der Waals surface area contributed by atoms with Crippen LogP contribution >= 0.6 is 0 Å². The Hall–Kier alpha value is -4.37. The predicted molar refractivity (Wildman–Crippen MR) is 152 cm³/mol. The van der Waals surface area contributed by atoms with Gasteiger partial charge >= 0.3 is 5.69 Å². The van der Waals surface area contributed by atoms with Gasteiger partial charge in [-0.2, -0.15) is 5.10 Å². The molecular weight excluding hydrogens is 496 g/mol. The quantitative estimate of drug-likeness (QED) is 0.312. The summed E-state index contributed by atoms with van der Waals surface area (Å²) >= 11 is 0. The number of aromatic nitrogens is 4. The first-order valence-electron chi connectivity index (χ1n) is 12.9. The Morgan fingerprint density at radius 1 is 1.03 bits per heavy atom. The van der Waals surface area contributed by atoms with E-state index in [2.05, 4.69) is 0 Å². The van der Waals surface area contributed by atoms with Crippen molar-refractivity contribution in [3.63, 3.8) is 0 Å². The fraction of sp³-hybridized carbons (Fsp3) is 0.300. The third kappa shape index (κ3) is 4.81. The molecular formula is C30H32N4O5. The van der Waals surface area contributed by atoms with Gasteiger partial charge in [0.25, 0.3) is 5.56 Å². The predicted octanol–water partition coefficient (Wildman–Crippen LogP) is 3.80. The lowest BCUT2D eigenvalue weighted by Gasteiger charge is -2.15.